The second-order valence-electron chi connectivity index (χ2n) is 23.5. The van der Waals surface area contributed by atoms with Crippen molar-refractivity contribution in [3.63, 3.8) is 0 Å². The van der Waals surface area contributed by atoms with Crippen LogP contribution in [0.25, 0.3) is 0 Å². The molecule has 5 aliphatic rings. The molecule has 0 aromatic heterocycles. The van der Waals surface area contributed by atoms with E-state index in [1.165, 1.54) is 218 Å². The van der Waals surface area contributed by atoms with Crippen molar-refractivity contribution in [2.24, 2.45) is 0 Å². The second-order valence-corrected chi connectivity index (χ2v) is 23.5. The Morgan fingerprint density at radius 3 is 0.842 bits per heavy atom. The first kappa shape index (κ1) is 71.4. The Morgan fingerprint density at radius 2 is 0.579 bits per heavy atom. The third-order valence-electron chi connectivity index (χ3n) is 15.9. The number of hydrogen-bond donors (Lipinski definition) is 0. The lowest BCUT2D eigenvalue weighted by Crippen LogP contribution is -2.23. The maximum atomic E-state index is 11.1. The van der Waals surface area contributed by atoms with Gasteiger partial charge in [0.15, 0.2) is 0 Å². The topological polar surface area (TPSA) is 132 Å². The quantitative estimate of drug-likeness (QED) is 0.0333. The minimum absolute atomic E-state index is 0.000910. The minimum atomic E-state index is -0.137. The predicted molar refractivity (Wildman–Crippen MR) is 313 cm³/mol. The summed E-state index contributed by atoms with van der Waals surface area (Å²) in [7, 11) is 0. The molecule has 0 radical (unpaired) electrons. The minimum Gasteiger partial charge on any atom is -0.462 e. The molecule has 5 rings (SSSR count). The molecule has 446 valence electrons. The van der Waals surface area contributed by atoms with Gasteiger partial charge in [-0.2, -0.15) is 0 Å². The van der Waals surface area contributed by atoms with Crippen LogP contribution in [0.5, 0.6) is 0 Å². The van der Waals surface area contributed by atoms with Crippen LogP contribution in [0.1, 0.15) is 363 Å². The molecule has 10 nitrogen and oxygen atoms in total. The first-order chi connectivity index (χ1) is 37.0. The van der Waals surface area contributed by atoms with Crippen molar-refractivity contribution >= 4 is 29.8 Å². The molecule has 5 atom stereocenters. The van der Waals surface area contributed by atoms with Crippen LogP contribution in [0.4, 0.5) is 0 Å². The molecule has 0 aromatic rings. The Hall–Kier alpha value is -2.65. The molecule has 0 spiro atoms. The van der Waals surface area contributed by atoms with Gasteiger partial charge >= 0.3 is 29.8 Å². The maximum absolute atomic E-state index is 11.1. The van der Waals surface area contributed by atoms with Gasteiger partial charge < -0.3 is 23.7 Å². The van der Waals surface area contributed by atoms with Gasteiger partial charge in [0.25, 0.3) is 0 Å². The summed E-state index contributed by atoms with van der Waals surface area (Å²) < 4.78 is 26.1. The molecule has 5 saturated heterocycles. The summed E-state index contributed by atoms with van der Waals surface area (Å²) in [6.07, 6.45) is 60.5. The van der Waals surface area contributed by atoms with E-state index in [4.69, 9.17) is 23.7 Å². The van der Waals surface area contributed by atoms with E-state index < -0.39 is 0 Å². The van der Waals surface area contributed by atoms with E-state index in [1.54, 1.807) is 0 Å². The summed E-state index contributed by atoms with van der Waals surface area (Å²) in [4.78, 5) is 54.6. The van der Waals surface area contributed by atoms with Crippen LogP contribution >= 0.6 is 0 Å². The number of carbonyl (C=O) groups is 5. The van der Waals surface area contributed by atoms with E-state index in [0.717, 1.165) is 70.6 Å². The molecular formula is C66H122O10. The van der Waals surface area contributed by atoms with Crippen LogP contribution in [0, 0.1) is 0 Å². The van der Waals surface area contributed by atoms with E-state index in [1.807, 2.05) is 0 Å². The molecule has 0 aliphatic carbocycles. The fourth-order valence-corrected chi connectivity index (χ4v) is 10.9. The normalized spacial score (nSPS) is 21.6. The van der Waals surface area contributed by atoms with E-state index in [2.05, 4.69) is 41.5 Å². The first-order valence-corrected chi connectivity index (χ1v) is 33.0. The number of carbonyl (C=O) groups excluding carboxylic acids is 5. The molecule has 0 bridgehead atoms. The number of esters is 5. The Balaban J connectivity index is 0.000000475. The summed E-state index contributed by atoms with van der Waals surface area (Å²) in [6, 6.07) is 0. The number of rotatable bonds is 39. The Morgan fingerprint density at radius 1 is 0.316 bits per heavy atom. The van der Waals surface area contributed by atoms with Crippen molar-refractivity contribution in [2.75, 3.05) is 0 Å². The fraction of sp³-hybridized carbons (Fsp3) is 0.924. The van der Waals surface area contributed by atoms with Crippen LogP contribution in [0.2, 0.25) is 0 Å². The van der Waals surface area contributed by atoms with Gasteiger partial charge in [0.1, 0.15) is 30.0 Å². The summed E-state index contributed by atoms with van der Waals surface area (Å²) >= 11 is 0. The van der Waals surface area contributed by atoms with Crippen LogP contribution in [-0.2, 0) is 47.7 Å². The highest BCUT2D eigenvalue weighted by Gasteiger charge is 2.35. The molecule has 5 heterocycles. The molecule has 0 saturated carbocycles. The molecule has 5 fully saturated rings. The Bertz CT molecular complexity index is 1400. The summed E-state index contributed by atoms with van der Waals surface area (Å²) in [5.74, 6) is 0.0103. The van der Waals surface area contributed by atoms with Crippen LogP contribution in [-0.4, -0.2) is 59.9 Å². The zero-order valence-corrected chi connectivity index (χ0v) is 50.7. The third-order valence-corrected chi connectivity index (χ3v) is 15.9. The van der Waals surface area contributed by atoms with Crippen LogP contribution < -0.4 is 0 Å². The van der Waals surface area contributed by atoms with Crippen molar-refractivity contribution in [1.29, 1.82) is 0 Å². The zero-order valence-electron chi connectivity index (χ0n) is 50.7. The highest BCUT2D eigenvalue weighted by molar-refractivity contribution is 5.73. The van der Waals surface area contributed by atoms with Gasteiger partial charge in [-0.25, -0.2) is 0 Å². The van der Waals surface area contributed by atoms with Crippen LogP contribution in [0.15, 0.2) is 0 Å². The number of hydrogen-bond acceptors (Lipinski definition) is 10. The second kappa shape index (κ2) is 50.6. The number of cyclic esters (lactones) is 5. The van der Waals surface area contributed by atoms with Gasteiger partial charge in [0, 0.05) is 32.1 Å². The lowest BCUT2D eigenvalue weighted by atomic mass is 9.95. The smallest absolute Gasteiger partial charge is 0.306 e. The van der Waals surface area contributed by atoms with Crippen molar-refractivity contribution in [3.8, 4) is 0 Å². The maximum Gasteiger partial charge on any atom is 0.306 e. The third kappa shape index (κ3) is 43.3. The molecule has 10 heteroatoms. The van der Waals surface area contributed by atoms with E-state index in [0.29, 0.717) is 32.1 Å². The first-order valence-electron chi connectivity index (χ1n) is 33.0. The van der Waals surface area contributed by atoms with Gasteiger partial charge in [-0.05, 0) is 110 Å². The molecule has 0 aromatic carbocycles. The van der Waals surface area contributed by atoms with Gasteiger partial charge in [-0.15, -0.1) is 0 Å². The zero-order chi connectivity index (χ0) is 55.6. The molecule has 5 unspecified atom stereocenters. The number of ether oxygens (including phenoxy) is 5. The predicted octanol–water partition coefficient (Wildman–Crippen LogP) is 19.6. The van der Waals surface area contributed by atoms with Crippen molar-refractivity contribution < 1.29 is 47.7 Å². The van der Waals surface area contributed by atoms with Crippen LogP contribution in [0.3, 0.4) is 0 Å². The van der Waals surface area contributed by atoms with Crippen molar-refractivity contribution in [1.82, 2.24) is 0 Å². The van der Waals surface area contributed by atoms with Crippen molar-refractivity contribution in [3.05, 3.63) is 0 Å². The van der Waals surface area contributed by atoms with Gasteiger partial charge in [-0.3, -0.25) is 24.0 Å². The average molecular weight is 1080 g/mol. The van der Waals surface area contributed by atoms with E-state index in [-0.39, 0.29) is 59.9 Å². The standard InChI is InChI=1S/2C14H26O2.2C13H24O2.C12H22O2/c1-2-3-4-5-6-7-8-10-13-11-9-12-14(15)16-13;1-2-3-4-5-6-7-8-9-10-13-11-12-14(15)16-13;1-3-4-5-6-7-8-10-13(2)11-9-12(14)15-13;1-2-3-4-5-6-7-8-9-12-10-11-13(14)15-12;1-2-3-4-5-6-7-8-11-9-10-12(13)14-11/h2*13H,2-12H2,1H3;3-11H2,1-2H3;12H,2-11H2,1H3;11H,2-10H2,1H3. The largest absolute Gasteiger partial charge is 0.462 e. The monoisotopic (exact) mass is 1070 g/mol. The van der Waals surface area contributed by atoms with E-state index >= 15 is 0 Å². The molecular weight excluding hydrogens is 953 g/mol. The van der Waals surface area contributed by atoms with Gasteiger partial charge in [-0.1, -0.05) is 221 Å². The summed E-state index contributed by atoms with van der Waals surface area (Å²) in [5, 5.41) is 0. The average Bonchev–Trinajstić information content (AvgIpc) is 4.22. The molecule has 0 amide bonds. The molecule has 0 N–H and O–H groups in total. The Kier molecular flexibility index (Phi) is 47.5. The van der Waals surface area contributed by atoms with Crippen molar-refractivity contribution in [2.45, 2.75) is 393 Å². The number of unbranched alkanes of at least 4 members (excludes halogenated alkanes) is 29. The SMILES string of the molecule is CCCCCCCCC1(C)CCC(=O)O1.CCCCCCCCC1CCC(=O)O1.CCCCCCCCCC1CCC(=O)O1.CCCCCCCCCC1CCCC(=O)O1.CCCCCCCCCCC1CCC(=O)O1. The van der Waals surface area contributed by atoms with Gasteiger partial charge in [0.2, 0.25) is 0 Å². The highest BCUT2D eigenvalue weighted by atomic mass is 16.6. The van der Waals surface area contributed by atoms with E-state index in [9.17, 15) is 24.0 Å². The summed E-state index contributed by atoms with van der Waals surface area (Å²) in [5.41, 5.74) is -0.137. The summed E-state index contributed by atoms with van der Waals surface area (Å²) in [6.45, 7) is 13.3. The molecule has 5 aliphatic heterocycles. The Labute approximate surface area is 468 Å². The lowest BCUT2D eigenvalue weighted by Gasteiger charge is -2.22. The van der Waals surface area contributed by atoms with Gasteiger partial charge in [0.05, 0.1) is 0 Å². The molecule has 76 heavy (non-hydrogen) atoms. The fourth-order valence-electron chi connectivity index (χ4n) is 10.9. The lowest BCUT2D eigenvalue weighted by molar-refractivity contribution is -0.154. The highest BCUT2D eigenvalue weighted by Crippen LogP contribution is 2.31.